The van der Waals surface area contributed by atoms with E-state index in [1.165, 1.54) is 0 Å². The highest BCUT2D eigenvalue weighted by Crippen LogP contribution is 2.13. The maximum Gasteiger partial charge on any atom is 0.315 e. The van der Waals surface area contributed by atoms with Crippen molar-refractivity contribution in [2.45, 2.75) is 20.4 Å². The van der Waals surface area contributed by atoms with Crippen LogP contribution >= 0.6 is 0 Å². The third-order valence-corrected chi connectivity index (χ3v) is 2.86. The third kappa shape index (κ3) is 4.79. The lowest BCUT2D eigenvalue weighted by molar-refractivity contribution is -0.146. The van der Waals surface area contributed by atoms with Crippen molar-refractivity contribution in [3.8, 4) is 5.75 Å². The number of benzene rings is 1. The van der Waals surface area contributed by atoms with Crippen LogP contribution in [-0.4, -0.2) is 30.8 Å². The van der Waals surface area contributed by atoms with E-state index in [1.807, 2.05) is 24.3 Å². The minimum Gasteiger partial charge on any atom is -0.497 e. The van der Waals surface area contributed by atoms with Crippen LogP contribution in [0.5, 0.6) is 5.75 Å². The van der Waals surface area contributed by atoms with Crippen LogP contribution in [0.3, 0.4) is 0 Å². The number of hydrogen-bond acceptors (Lipinski definition) is 3. The Kier molecular flexibility index (Phi) is 5.37. The molecule has 0 aliphatic heterocycles. The molecule has 0 unspecified atom stereocenters. The summed E-state index contributed by atoms with van der Waals surface area (Å²) in [6.07, 6.45) is 0. The van der Waals surface area contributed by atoms with E-state index < -0.39 is 17.4 Å². The van der Waals surface area contributed by atoms with E-state index in [2.05, 4.69) is 10.6 Å². The van der Waals surface area contributed by atoms with Crippen molar-refractivity contribution < 1.29 is 19.4 Å². The van der Waals surface area contributed by atoms with Crippen LogP contribution in [0.2, 0.25) is 0 Å². The number of carboxylic acids is 1. The smallest absolute Gasteiger partial charge is 0.315 e. The van der Waals surface area contributed by atoms with E-state index >= 15 is 0 Å². The summed E-state index contributed by atoms with van der Waals surface area (Å²) < 4.78 is 5.09. The number of nitrogens with one attached hydrogen (secondary N) is 2. The zero-order chi connectivity index (χ0) is 15.2. The van der Waals surface area contributed by atoms with Gasteiger partial charge in [-0.05, 0) is 31.5 Å². The fraction of sp³-hybridized carbons (Fsp3) is 0.429. The Morgan fingerprint density at radius 3 is 2.60 bits per heavy atom. The molecule has 110 valence electrons. The highest BCUT2D eigenvalue weighted by atomic mass is 16.5. The molecule has 0 heterocycles. The molecule has 0 aliphatic carbocycles. The molecule has 0 bridgehead atoms. The topological polar surface area (TPSA) is 87.7 Å². The molecule has 0 spiro atoms. The average Bonchev–Trinajstić information content (AvgIpc) is 2.43. The van der Waals surface area contributed by atoms with Crippen LogP contribution in [-0.2, 0) is 11.3 Å². The van der Waals surface area contributed by atoms with Gasteiger partial charge in [-0.3, -0.25) is 4.79 Å². The predicted octanol–water partition coefficient (Wildman–Crippen LogP) is 1.61. The van der Waals surface area contributed by atoms with Gasteiger partial charge in [0.05, 0.1) is 12.5 Å². The summed E-state index contributed by atoms with van der Waals surface area (Å²) in [4.78, 5) is 22.5. The first-order valence-corrected chi connectivity index (χ1v) is 6.23. The zero-order valence-electron chi connectivity index (χ0n) is 11.9. The SMILES string of the molecule is COc1cccc(CNC(=O)NCC(C)(C)C(=O)O)c1. The van der Waals surface area contributed by atoms with Gasteiger partial charge in [0.15, 0.2) is 0 Å². The van der Waals surface area contributed by atoms with Crippen LogP contribution in [0, 0.1) is 5.41 Å². The molecule has 2 amide bonds. The second kappa shape index (κ2) is 6.79. The molecule has 20 heavy (non-hydrogen) atoms. The van der Waals surface area contributed by atoms with Gasteiger partial charge in [-0.1, -0.05) is 12.1 Å². The van der Waals surface area contributed by atoms with E-state index in [9.17, 15) is 9.59 Å². The van der Waals surface area contributed by atoms with E-state index in [1.54, 1.807) is 21.0 Å². The fourth-order valence-electron chi connectivity index (χ4n) is 1.40. The van der Waals surface area contributed by atoms with Gasteiger partial charge < -0.3 is 20.5 Å². The van der Waals surface area contributed by atoms with Crippen LogP contribution < -0.4 is 15.4 Å². The van der Waals surface area contributed by atoms with Gasteiger partial charge in [-0.25, -0.2) is 4.79 Å². The molecular weight excluding hydrogens is 260 g/mol. The maximum atomic E-state index is 11.6. The number of aliphatic carboxylic acids is 1. The minimum atomic E-state index is -0.993. The second-order valence-electron chi connectivity index (χ2n) is 5.08. The molecule has 0 aromatic heterocycles. The summed E-state index contributed by atoms with van der Waals surface area (Å²) in [5.41, 5.74) is -0.0928. The number of carbonyl (C=O) groups excluding carboxylic acids is 1. The lowest BCUT2D eigenvalue weighted by Crippen LogP contribution is -2.43. The molecule has 0 atom stereocenters. The largest absolute Gasteiger partial charge is 0.497 e. The van der Waals surface area contributed by atoms with E-state index in [0.29, 0.717) is 6.54 Å². The highest BCUT2D eigenvalue weighted by molar-refractivity contribution is 5.77. The number of hydrogen-bond donors (Lipinski definition) is 3. The quantitative estimate of drug-likeness (QED) is 0.738. The van der Waals surface area contributed by atoms with Gasteiger partial charge in [0, 0.05) is 13.1 Å². The van der Waals surface area contributed by atoms with E-state index in [4.69, 9.17) is 9.84 Å². The summed E-state index contributed by atoms with van der Waals surface area (Å²) in [6, 6.07) is 6.94. The average molecular weight is 280 g/mol. The van der Waals surface area contributed by atoms with Crippen molar-refractivity contribution in [3.63, 3.8) is 0 Å². The van der Waals surface area contributed by atoms with Gasteiger partial charge in [-0.2, -0.15) is 0 Å². The summed E-state index contributed by atoms with van der Waals surface area (Å²) in [5, 5.41) is 14.1. The standard InChI is InChI=1S/C14H20N2O4/c1-14(2,12(17)18)9-16-13(19)15-8-10-5-4-6-11(7-10)20-3/h4-7H,8-9H2,1-3H3,(H,17,18)(H2,15,16,19). The monoisotopic (exact) mass is 280 g/mol. The van der Waals surface area contributed by atoms with Crippen molar-refractivity contribution in [1.82, 2.24) is 10.6 Å². The van der Waals surface area contributed by atoms with Gasteiger partial charge in [0.1, 0.15) is 5.75 Å². The molecule has 1 aromatic rings. The molecule has 0 saturated heterocycles. The van der Waals surface area contributed by atoms with Crippen molar-refractivity contribution in [2.75, 3.05) is 13.7 Å². The number of carboxylic acid groups (broad SMARTS) is 1. The second-order valence-corrected chi connectivity index (χ2v) is 5.08. The summed E-state index contributed by atoms with van der Waals surface area (Å²) in [5.74, 6) is -0.234. The number of rotatable bonds is 6. The van der Waals surface area contributed by atoms with Gasteiger partial charge in [-0.15, -0.1) is 0 Å². The van der Waals surface area contributed by atoms with Crippen LogP contribution in [0.15, 0.2) is 24.3 Å². The number of ether oxygens (including phenoxy) is 1. The fourth-order valence-corrected chi connectivity index (χ4v) is 1.40. The molecule has 1 aromatic carbocycles. The van der Waals surface area contributed by atoms with Crippen LogP contribution in [0.1, 0.15) is 19.4 Å². The molecule has 6 nitrogen and oxygen atoms in total. The molecule has 3 N–H and O–H groups in total. The van der Waals surface area contributed by atoms with E-state index in [-0.39, 0.29) is 6.54 Å². The van der Waals surface area contributed by atoms with Crippen molar-refractivity contribution in [1.29, 1.82) is 0 Å². The van der Waals surface area contributed by atoms with Gasteiger partial charge in [0.2, 0.25) is 0 Å². The van der Waals surface area contributed by atoms with Gasteiger partial charge >= 0.3 is 12.0 Å². The highest BCUT2D eigenvalue weighted by Gasteiger charge is 2.27. The molecule has 0 saturated carbocycles. The van der Waals surface area contributed by atoms with Crippen molar-refractivity contribution in [3.05, 3.63) is 29.8 Å². The first-order chi connectivity index (χ1) is 9.35. The Balaban J connectivity index is 2.42. The van der Waals surface area contributed by atoms with E-state index in [0.717, 1.165) is 11.3 Å². The molecule has 0 fully saturated rings. The lowest BCUT2D eigenvalue weighted by Gasteiger charge is -2.19. The first kappa shape index (κ1) is 15.8. The Morgan fingerprint density at radius 1 is 1.30 bits per heavy atom. The van der Waals surface area contributed by atoms with Crippen LogP contribution in [0.4, 0.5) is 4.79 Å². The predicted molar refractivity (Wildman–Crippen MR) is 74.6 cm³/mol. The van der Waals surface area contributed by atoms with Crippen molar-refractivity contribution >= 4 is 12.0 Å². The molecule has 1 rings (SSSR count). The number of carbonyl (C=O) groups is 2. The Hall–Kier alpha value is -2.24. The number of amides is 2. The zero-order valence-corrected chi connectivity index (χ0v) is 11.9. The molecule has 6 heteroatoms. The normalized spacial score (nSPS) is 10.8. The number of urea groups is 1. The summed E-state index contributed by atoms with van der Waals surface area (Å²) >= 11 is 0. The van der Waals surface area contributed by atoms with Crippen molar-refractivity contribution in [2.24, 2.45) is 5.41 Å². The summed E-state index contributed by atoms with van der Waals surface area (Å²) in [6.45, 7) is 3.51. The molecule has 0 radical (unpaired) electrons. The molecular formula is C14H20N2O4. The lowest BCUT2D eigenvalue weighted by atomic mass is 9.94. The maximum absolute atomic E-state index is 11.6. The molecule has 0 aliphatic rings. The Bertz CT molecular complexity index is 486. The number of methoxy groups -OCH3 is 1. The minimum absolute atomic E-state index is 0.0618. The third-order valence-electron chi connectivity index (χ3n) is 2.86. The van der Waals surface area contributed by atoms with Crippen LogP contribution in [0.25, 0.3) is 0 Å². The Labute approximate surface area is 118 Å². The van der Waals surface area contributed by atoms with Gasteiger partial charge in [0.25, 0.3) is 0 Å². The summed E-state index contributed by atoms with van der Waals surface area (Å²) in [7, 11) is 1.58. The first-order valence-electron chi connectivity index (χ1n) is 6.23. The Morgan fingerprint density at radius 2 is 2.00 bits per heavy atom.